The Labute approximate surface area is 123 Å². The highest BCUT2D eigenvalue weighted by atomic mass is 35.5. The van der Waals surface area contributed by atoms with E-state index in [9.17, 15) is 5.11 Å². The zero-order valence-corrected chi connectivity index (χ0v) is 12.4. The summed E-state index contributed by atoms with van der Waals surface area (Å²) in [5, 5.41) is 19.7. The molecule has 0 bridgehead atoms. The highest BCUT2D eigenvalue weighted by Gasteiger charge is 2.12. The zero-order chi connectivity index (χ0) is 14.3. The fourth-order valence-corrected chi connectivity index (χ4v) is 1.98. The van der Waals surface area contributed by atoms with Gasteiger partial charge in [-0.15, -0.1) is 0 Å². The van der Waals surface area contributed by atoms with Crippen LogP contribution in [0.3, 0.4) is 0 Å². The van der Waals surface area contributed by atoms with Gasteiger partial charge in [0.05, 0.1) is 11.6 Å². The number of ether oxygens (including phenoxy) is 1. The smallest absolute Gasteiger partial charge is 0.139 e. The van der Waals surface area contributed by atoms with Crippen molar-refractivity contribution in [2.45, 2.75) is 13.0 Å². The molecular formula is C13H19Cl2NO3. The number of hydrogen-bond donors (Lipinski definition) is 2. The van der Waals surface area contributed by atoms with Gasteiger partial charge in [-0.2, -0.15) is 0 Å². The maximum absolute atomic E-state index is 9.87. The van der Waals surface area contributed by atoms with Gasteiger partial charge in [0.15, 0.2) is 0 Å². The summed E-state index contributed by atoms with van der Waals surface area (Å²) < 4.78 is 5.45. The van der Waals surface area contributed by atoms with E-state index in [1.807, 2.05) is 11.8 Å². The minimum absolute atomic E-state index is 0.0710. The largest absolute Gasteiger partial charge is 0.489 e. The van der Waals surface area contributed by atoms with Crippen LogP contribution in [0, 0.1) is 0 Å². The summed E-state index contributed by atoms with van der Waals surface area (Å²) in [4.78, 5) is 1.94. The van der Waals surface area contributed by atoms with E-state index in [2.05, 4.69) is 0 Å². The van der Waals surface area contributed by atoms with Gasteiger partial charge < -0.3 is 14.9 Å². The molecule has 1 aromatic rings. The van der Waals surface area contributed by atoms with Crippen molar-refractivity contribution < 1.29 is 14.9 Å². The number of rotatable bonds is 8. The molecule has 0 radical (unpaired) electrons. The maximum atomic E-state index is 9.87. The van der Waals surface area contributed by atoms with Gasteiger partial charge in [-0.25, -0.2) is 0 Å². The third-order valence-corrected chi connectivity index (χ3v) is 3.20. The number of halogens is 2. The van der Waals surface area contributed by atoms with Gasteiger partial charge in [-0.3, -0.25) is 4.90 Å². The molecule has 1 unspecified atom stereocenters. The SMILES string of the molecule is CCN(CCO)CC(O)COc1cc(Cl)ccc1Cl. The second kappa shape index (κ2) is 8.61. The van der Waals surface area contributed by atoms with Crippen molar-refractivity contribution in [3.8, 4) is 5.75 Å². The van der Waals surface area contributed by atoms with Crippen LogP contribution < -0.4 is 4.74 Å². The molecule has 4 nitrogen and oxygen atoms in total. The first-order chi connectivity index (χ1) is 9.06. The second-order valence-corrected chi connectivity index (χ2v) is 5.00. The van der Waals surface area contributed by atoms with Gasteiger partial charge in [-0.1, -0.05) is 30.1 Å². The van der Waals surface area contributed by atoms with E-state index >= 15 is 0 Å². The summed E-state index contributed by atoms with van der Waals surface area (Å²) in [6.45, 7) is 3.90. The van der Waals surface area contributed by atoms with Crippen molar-refractivity contribution in [2.75, 3.05) is 32.8 Å². The molecule has 0 heterocycles. The molecule has 19 heavy (non-hydrogen) atoms. The standard InChI is InChI=1S/C13H19Cl2NO3/c1-2-16(5-6-17)8-11(18)9-19-13-7-10(14)3-4-12(13)15/h3-4,7,11,17-18H,2,5-6,8-9H2,1H3. The predicted molar refractivity (Wildman–Crippen MR) is 77.2 cm³/mol. The van der Waals surface area contributed by atoms with Crippen LogP contribution in [-0.2, 0) is 0 Å². The van der Waals surface area contributed by atoms with Crippen molar-refractivity contribution in [1.82, 2.24) is 4.90 Å². The van der Waals surface area contributed by atoms with Gasteiger partial charge in [-0.05, 0) is 18.7 Å². The van der Waals surface area contributed by atoms with Crippen LogP contribution in [0.2, 0.25) is 10.0 Å². The quantitative estimate of drug-likeness (QED) is 0.772. The van der Waals surface area contributed by atoms with E-state index in [-0.39, 0.29) is 13.2 Å². The number of aliphatic hydroxyl groups is 2. The maximum Gasteiger partial charge on any atom is 0.139 e. The van der Waals surface area contributed by atoms with Gasteiger partial charge in [0.1, 0.15) is 18.5 Å². The molecule has 0 aliphatic carbocycles. The minimum atomic E-state index is -0.651. The fourth-order valence-electron chi connectivity index (χ4n) is 1.64. The van der Waals surface area contributed by atoms with Crippen LogP contribution in [0.15, 0.2) is 18.2 Å². The van der Waals surface area contributed by atoms with Crippen molar-refractivity contribution >= 4 is 23.2 Å². The molecule has 0 amide bonds. The van der Waals surface area contributed by atoms with E-state index in [1.165, 1.54) is 0 Å². The molecular weight excluding hydrogens is 289 g/mol. The van der Waals surface area contributed by atoms with Gasteiger partial charge in [0, 0.05) is 24.2 Å². The van der Waals surface area contributed by atoms with Crippen LogP contribution in [0.4, 0.5) is 0 Å². The molecule has 0 aliphatic rings. The first kappa shape index (κ1) is 16.5. The van der Waals surface area contributed by atoms with Crippen molar-refractivity contribution in [1.29, 1.82) is 0 Å². The lowest BCUT2D eigenvalue weighted by Crippen LogP contribution is -2.37. The third-order valence-electron chi connectivity index (χ3n) is 2.66. The average Bonchev–Trinajstić information content (AvgIpc) is 2.39. The average molecular weight is 308 g/mol. The first-order valence-electron chi connectivity index (χ1n) is 6.16. The lowest BCUT2D eigenvalue weighted by molar-refractivity contribution is 0.0638. The van der Waals surface area contributed by atoms with E-state index in [1.54, 1.807) is 18.2 Å². The summed E-state index contributed by atoms with van der Waals surface area (Å²) in [6, 6.07) is 4.94. The Hall–Kier alpha value is -0.520. The van der Waals surface area contributed by atoms with Gasteiger partial charge >= 0.3 is 0 Å². The number of likely N-dealkylation sites (N-methyl/N-ethyl adjacent to an activating group) is 1. The Balaban J connectivity index is 2.45. The van der Waals surface area contributed by atoms with E-state index in [4.69, 9.17) is 33.0 Å². The molecule has 0 aromatic heterocycles. The second-order valence-electron chi connectivity index (χ2n) is 4.16. The van der Waals surface area contributed by atoms with Crippen LogP contribution >= 0.6 is 23.2 Å². The molecule has 6 heteroatoms. The van der Waals surface area contributed by atoms with E-state index in [0.29, 0.717) is 28.9 Å². The normalized spacial score (nSPS) is 12.7. The van der Waals surface area contributed by atoms with Crippen molar-refractivity contribution in [3.05, 3.63) is 28.2 Å². The lowest BCUT2D eigenvalue weighted by atomic mass is 10.3. The van der Waals surface area contributed by atoms with E-state index < -0.39 is 6.10 Å². The Morgan fingerprint density at radius 1 is 1.37 bits per heavy atom. The highest BCUT2D eigenvalue weighted by molar-refractivity contribution is 6.34. The summed E-state index contributed by atoms with van der Waals surface area (Å²) in [5.41, 5.74) is 0. The summed E-state index contributed by atoms with van der Waals surface area (Å²) >= 11 is 11.8. The van der Waals surface area contributed by atoms with Crippen LogP contribution in [0.1, 0.15) is 6.92 Å². The minimum Gasteiger partial charge on any atom is -0.489 e. The Morgan fingerprint density at radius 2 is 2.11 bits per heavy atom. The monoisotopic (exact) mass is 307 g/mol. The number of benzene rings is 1. The molecule has 1 aromatic carbocycles. The molecule has 1 atom stereocenters. The lowest BCUT2D eigenvalue weighted by Gasteiger charge is -2.22. The van der Waals surface area contributed by atoms with Crippen molar-refractivity contribution in [2.24, 2.45) is 0 Å². The Kier molecular flexibility index (Phi) is 7.49. The molecule has 0 aliphatic heterocycles. The molecule has 0 saturated heterocycles. The first-order valence-corrected chi connectivity index (χ1v) is 6.91. The van der Waals surface area contributed by atoms with Crippen LogP contribution in [0.25, 0.3) is 0 Å². The van der Waals surface area contributed by atoms with E-state index in [0.717, 1.165) is 6.54 Å². The molecule has 2 N–H and O–H groups in total. The predicted octanol–water partition coefficient (Wildman–Crippen LogP) is 2.05. The summed E-state index contributed by atoms with van der Waals surface area (Å²) in [6.07, 6.45) is -0.651. The summed E-state index contributed by atoms with van der Waals surface area (Å²) in [5.74, 6) is 0.457. The van der Waals surface area contributed by atoms with Crippen molar-refractivity contribution in [3.63, 3.8) is 0 Å². The molecule has 0 saturated carbocycles. The molecule has 1 rings (SSSR count). The summed E-state index contributed by atoms with van der Waals surface area (Å²) in [7, 11) is 0. The molecule has 0 spiro atoms. The number of nitrogens with zero attached hydrogens (tertiary/aromatic N) is 1. The van der Waals surface area contributed by atoms with Crippen LogP contribution in [-0.4, -0.2) is 54.1 Å². The third kappa shape index (κ3) is 5.97. The number of aliphatic hydroxyl groups excluding tert-OH is 2. The van der Waals surface area contributed by atoms with Gasteiger partial charge in [0.25, 0.3) is 0 Å². The van der Waals surface area contributed by atoms with Gasteiger partial charge in [0.2, 0.25) is 0 Å². The van der Waals surface area contributed by atoms with Crippen LogP contribution in [0.5, 0.6) is 5.75 Å². The zero-order valence-electron chi connectivity index (χ0n) is 10.9. The Bertz CT molecular complexity index is 390. The molecule has 108 valence electrons. The fraction of sp³-hybridized carbons (Fsp3) is 0.538. The Morgan fingerprint density at radius 3 is 2.74 bits per heavy atom. The molecule has 0 fully saturated rings. The topological polar surface area (TPSA) is 52.9 Å². The highest BCUT2D eigenvalue weighted by Crippen LogP contribution is 2.27. The number of hydrogen-bond acceptors (Lipinski definition) is 4.